The minimum Gasteiger partial charge on any atom is -0.298 e. The summed E-state index contributed by atoms with van der Waals surface area (Å²) in [7, 11) is 2.02. The summed E-state index contributed by atoms with van der Waals surface area (Å²) in [5.74, 6) is 0. The van der Waals surface area contributed by atoms with Gasteiger partial charge in [-0.05, 0) is 7.05 Å². The Morgan fingerprint density at radius 1 is 1.55 bits per heavy atom. The standard InChI is InChI=1S/C10H15N/c1-5-8-11(4)9-10(6-2)7-3/h5-6H,1-3,8-9H2,4H3. The molecule has 0 heterocycles. The fourth-order valence-electron chi connectivity index (χ4n) is 0.768. The van der Waals surface area contributed by atoms with Gasteiger partial charge in [0.25, 0.3) is 0 Å². The van der Waals surface area contributed by atoms with E-state index in [1.54, 1.807) is 6.08 Å². The summed E-state index contributed by atoms with van der Waals surface area (Å²) >= 11 is 0. The Kier molecular flexibility index (Phi) is 5.18. The molecular formula is C10H15N. The Bertz CT molecular complexity index is 185. The highest BCUT2D eigenvalue weighted by Crippen LogP contribution is 1.95. The number of hydrogen-bond acceptors (Lipinski definition) is 1. The molecule has 0 aromatic rings. The third kappa shape index (κ3) is 4.38. The van der Waals surface area contributed by atoms with E-state index >= 15 is 0 Å². The van der Waals surface area contributed by atoms with E-state index in [0.717, 1.165) is 18.7 Å². The molecule has 0 saturated carbocycles. The molecule has 0 atom stereocenters. The third-order valence-electron chi connectivity index (χ3n) is 1.35. The predicted molar refractivity (Wildman–Crippen MR) is 50.5 cm³/mol. The SMILES string of the molecule is C=C=C(C=C)CN(C)CC=C. The van der Waals surface area contributed by atoms with Crippen molar-refractivity contribution in [3.8, 4) is 0 Å². The average Bonchev–Trinajstić information content (AvgIpc) is 2.01. The van der Waals surface area contributed by atoms with Gasteiger partial charge in [0.2, 0.25) is 0 Å². The van der Waals surface area contributed by atoms with Crippen molar-refractivity contribution in [1.82, 2.24) is 4.90 Å². The lowest BCUT2D eigenvalue weighted by atomic mass is 10.2. The van der Waals surface area contributed by atoms with Crippen molar-refractivity contribution in [3.05, 3.63) is 43.2 Å². The molecule has 0 amide bonds. The maximum atomic E-state index is 3.65. The molecule has 11 heavy (non-hydrogen) atoms. The van der Waals surface area contributed by atoms with Crippen LogP contribution in [-0.4, -0.2) is 25.0 Å². The van der Waals surface area contributed by atoms with Crippen LogP contribution in [0.5, 0.6) is 0 Å². The molecule has 1 nitrogen and oxygen atoms in total. The summed E-state index contributed by atoms with van der Waals surface area (Å²) in [6.45, 7) is 12.6. The zero-order chi connectivity index (χ0) is 8.69. The zero-order valence-electron chi connectivity index (χ0n) is 7.14. The smallest absolute Gasteiger partial charge is 0.0306 e. The van der Waals surface area contributed by atoms with Gasteiger partial charge in [-0.1, -0.05) is 25.3 Å². The molecule has 0 bridgehead atoms. The summed E-state index contributed by atoms with van der Waals surface area (Å²) < 4.78 is 0. The summed E-state index contributed by atoms with van der Waals surface area (Å²) in [5.41, 5.74) is 3.84. The molecule has 0 aliphatic carbocycles. The minimum atomic E-state index is 0.832. The topological polar surface area (TPSA) is 3.24 Å². The first-order valence-electron chi connectivity index (χ1n) is 3.55. The normalized spacial score (nSPS) is 8.91. The number of rotatable bonds is 5. The zero-order valence-corrected chi connectivity index (χ0v) is 7.14. The number of likely N-dealkylation sites (N-methyl/N-ethyl adjacent to an activating group) is 1. The molecule has 0 aliphatic rings. The van der Waals surface area contributed by atoms with Gasteiger partial charge in [0.1, 0.15) is 0 Å². The Morgan fingerprint density at radius 2 is 2.18 bits per heavy atom. The Balaban J connectivity index is 3.91. The Hall–Kier alpha value is -1.04. The van der Waals surface area contributed by atoms with E-state index in [2.05, 4.69) is 30.4 Å². The molecule has 0 aromatic carbocycles. The molecule has 0 spiro atoms. The lowest BCUT2D eigenvalue weighted by Crippen LogP contribution is -2.20. The molecule has 0 saturated heterocycles. The monoisotopic (exact) mass is 149 g/mol. The van der Waals surface area contributed by atoms with E-state index in [1.807, 2.05) is 13.1 Å². The van der Waals surface area contributed by atoms with Crippen LogP contribution in [0.15, 0.2) is 43.2 Å². The van der Waals surface area contributed by atoms with Crippen molar-refractivity contribution in [1.29, 1.82) is 0 Å². The van der Waals surface area contributed by atoms with E-state index in [1.165, 1.54) is 0 Å². The molecule has 0 rings (SSSR count). The maximum Gasteiger partial charge on any atom is 0.0306 e. The highest BCUT2D eigenvalue weighted by Gasteiger charge is 1.95. The largest absolute Gasteiger partial charge is 0.298 e. The molecule has 1 heteroatoms. The maximum absolute atomic E-state index is 3.65. The first kappa shape index (κ1) is 9.96. The van der Waals surface area contributed by atoms with Crippen molar-refractivity contribution in [2.24, 2.45) is 0 Å². The minimum absolute atomic E-state index is 0.832. The molecule has 60 valence electrons. The Labute approximate surface area is 69.0 Å². The molecule has 0 aliphatic heterocycles. The molecule has 0 aromatic heterocycles. The lowest BCUT2D eigenvalue weighted by molar-refractivity contribution is 0.406. The van der Waals surface area contributed by atoms with Gasteiger partial charge in [-0.25, -0.2) is 0 Å². The molecule has 0 unspecified atom stereocenters. The van der Waals surface area contributed by atoms with Crippen LogP contribution in [0.4, 0.5) is 0 Å². The second-order valence-electron chi connectivity index (χ2n) is 2.39. The second-order valence-corrected chi connectivity index (χ2v) is 2.39. The second kappa shape index (κ2) is 5.72. The average molecular weight is 149 g/mol. The van der Waals surface area contributed by atoms with Crippen LogP contribution in [0.3, 0.4) is 0 Å². The van der Waals surface area contributed by atoms with Crippen LogP contribution >= 0.6 is 0 Å². The van der Waals surface area contributed by atoms with E-state index < -0.39 is 0 Å². The van der Waals surface area contributed by atoms with Gasteiger partial charge in [0.15, 0.2) is 0 Å². The van der Waals surface area contributed by atoms with E-state index in [-0.39, 0.29) is 0 Å². The fraction of sp³-hybridized carbons (Fsp3) is 0.300. The van der Waals surface area contributed by atoms with Crippen LogP contribution in [0, 0.1) is 0 Å². The molecular weight excluding hydrogens is 134 g/mol. The quantitative estimate of drug-likeness (QED) is 0.328. The van der Waals surface area contributed by atoms with Crippen LogP contribution in [0.1, 0.15) is 0 Å². The first-order valence-corrected chi connectivity index (χ1v) is 3.55. The van der Waals surface area contributed by atoms with Gasteiger partial charge in [0, 0.05) is 18.7 Å². The Morgan fingerprint density at radius 3 is 2.55 bits per heavy atom. The number of nitrogens with zero attached hydrogens (tertiary/aromatic N) is 1. The number of hydrogen-bond donors (Lipinski definition) is 0. The van der Waals surface area contributed by atoms with Gasteiger partial charge in [0.05, 0.1) is 0 Å². The van der Waals surface area contributed by atoms with Gasteiger partial charge >= 0.3 is 0 Å². The lowest BCUT2D eigenvalue weighted by Gasteiger charge is -2.12. The molecule has 0 fully saturated rings. The first-order chi connectivity index (χ1) is 5.24. The van der Waals surface area contributed by atoms with E-state index in [9.17, 15) is 0 Å². The summed E-state index contributed by atoms with van der Waals surface area (Å²) in [6, 6.07) is 0. The van der Waals surface area contributed by atoms with Crippen LogP contribution < -0.4 is 0 Å². The highest BCUT2D eigenvalue weighted by atomic mass is 15.1. The highest BCUT2D eigenvalue weighted by molar-refractivity contribution is 5.15. The van der Waals surface area contributed by atoms with Crippen molar-refractivity contribution in [2.45, 2.75) is 0 Å². The molecule has 0 N–H and O–H groups in total. The van der Waals surface area contributed by atoms with Crippen LogP contribution in [-0.2, 0) is 0 Å². The van der Waals surface area contributed by atoms with Gasteiger partial charge < -0.3 is 0 Å². The summed E-state index contributed by atoms with van der Waals surface area (Å²) in [6.07, 6.45) is 3.64. The van der Waals surface area contributed by atoms with Crippen molar-refractivity contribution in [2.75, 3.05) is 20.1 Å². The van der Waals surface area contributed by atoms with Crippen molar-refractivity contribution >= 4 is 0 Å². The van der Waals surface area contributed by atoms with Gasteiger partial charge in [-0.2, -0.15) is 0 Å². The van der Waals surface area contributed by atoms with Gasteiger partial charge in [-0.3, -0.25) is 4.90 Å². The summed E-state index contributed by atoms with van der Waals surface area (Å²) in [5, 5.41) is 0. The third-order valence-corrected chi connectivity index (χ3v) is 1.35. The fourth-order valence-corrected chi connectivity index (χ4v) is 0.768. The van der Waals surface area contributed by atoms with Gasteiger partial charge in [-0.15, -0.1) is 12.3 Å². The summed E-state index contributed by atoms with van der Waals surface area (Å²) in [4.78, 5) is 2.11. The predicted octanol–water partition coefficient (Wildman–Crippen LogP) is 2.00. The van der Waals surface area contributed by atoms with Crippen molar-refractivity contribution in [3.63, 3.8) is 0 Å². The van der Waals surface area contributed by atoms with E-state index in [0.29, 0.717) is 0 Å². The van der Waals surface area contributed by atoms with Crippen LogP contribution in [0.2, 0.25) is 0 Å². The van der Waals surface area contributed by atoms with Crippen LogP contribution in [0.25, 0.3) is 0 Å². The van der Waals surface area contributed by atoms with E-state index in [4.69, 9.17) is 0 Å². The molecule has 0 radical (unpaired) electrons. The van der Waals surface area contributed by atoms with Crippen molar-refractivity contribution < 1.29 is 0 Å².